The van der Waals surface area contributed by atoms with Crippen molar-refractivity contribution in [1.82, 2.24) is 0 Å². The van der Waals surface area contributed by atoms with Gasteiger partial charge >= 0.3 is 0 Å². The van der Waals surface area contributed by atoms with Gasteiger partial charge in [-0.25, -0.2) is 4.39 Å². The first kappa shape index (κ1) is 15.3. The maximum atomic E-state index is 13.0. The van der Waals surface area contributed by atoms with Crippen LogP contribution in [0.3, 0.4) is 0 Å². The highest BCUT2D eigenvalue weighted by Gasteiger charge is 2.16. The number of hydrogen-bond donors (Lipinski definition) is 1. The van der Waals surface area contributed by atoms with Crippen molar-refractivity contribution in [3.8, 4) is 5.75 Å². The molecule has 0 saturated carbocycles. The predicted molar refractivity (Wildman–Crippen MR) is 80.8 cm³/mol. The Morgan fingerprint density at radius 3 is 2.65 bits per heavy atom. The molecule has 5 heteroatoms. The van der Waals surface area contributed by atoms with Crippen molar-refractivity contribution < 1.29 is 14.2 Å². The predicted octanol–water partition coefficient (Wildman–Crippen LogP) is 4.72. The first-order valence-corrected chi connectivity index (χ1v) is 7.25. The highest BCUT2D eigenvalue weighted by molar-refractivity contribution is 9.10. The highest BCUT2D eigenvalue weighted by atomic mass is 79.9. The van der Waals surface area contributed by atoms with Crippen molar-refractivity contribution in [1.29, 1.82) is 0 Å². The summed E-state index contributed by atoms with van der Waals surface area (Å²) in [7, 11) is 0. The van der Waals surface area contributed by atoms with Crippen LogP contribution in [0.25, 0.3) is 0 Å². The number of aliphatic hydroxyl groups is 1. The Labute approximate surface area is 130 Å². The van der Waals surface area contributed by atoms with E-state index in [2.05, 4.69) is 15.9 Å². The van der Waals surface area contributed by atoms with Crippen LogP contribution in [0.1, 0.15) is 24.2 Å². The normalized spacial score (nSPS) is 12.2. The van der Waals surface area contributed by atoms with Gasteiger partial charge in [0.05, 0.1) is 11.1 Å². The van der Waals surface area contributed by atoms with Gasteiger partial charge in [-0.2, -0.15) is 0 Å². The first-order chi connectivity index (χ1) is 9.52. The summed E-state index contributed by atoms with van der Waals surface area (Å²) in [6, 6.07) is 9.21. The third kappa shape index (κ3) is 3.32. The molecule has 0 fully saturated rings. The largest absolute Gasteiger partial charge is 0.493 e. The van der Waals surface area contributed by atoms with Crippen LogP contribution in [-0.4, -0.2) is 11.7 Å². The lowest BCUT2D eigenvalue weighted by atomic mass is 10.0. The minimum absolute atomic E-state index is 0.197. The Morgan fingerprint density at radius 2 is 2.05 bits per heavy atom. The van der Waals surface area contributed by atoms with E-state index in [1.54, 1.807) is 18.2 Å². The van der Waals surface area contributed by atoms with Gasteiger partial charge in [-0.05, 0) is 52.7 Å². The molecule has 0 aliphatic rings. The molecule has 2 aromatic rings. The number of halogens is 3. The van der Waals surface area contributed by atoms with Crippen LogP contribution in [0.4, 0.5) is 4.39 Å². The standard InChI is InChI=1S/C15H13BrClFO2/c1-2-20-14-6-3-9(7-12(14)16)15(19)11-5-4-10(18)8-13(11)17/h3-8,15,19H,2H2,1H3. The van der Waals surface area contributed by atoms with E-state index in [0.717, 1.165) is 4.47 Å². The van der Waals surface area contributed by atoms with Gasteiger partial charge in [-0.15, -0.1) is 0 Å². The summed E-state index contributed by atoms with van der Waals surface area (Å²) in [5, 5.41) is 10.5. The molecule has 0 radical (unpaired) electrons. The summed E-state index contributed by atoms with van der Waals surface area (Å²) in [6.45, 7) is 2.46. The zero-order chi connectivity index (χ0) is 14.7. The number of ether oxygens (including phenoxy) is 1. The maximum Gasteiger partial charge on any atom is 0.133 e. The van der Waals surface area contributed by atoms with Gasteiger partial charge in [0.15, 0.2) is 0 Å². The van der Waals surface area contributed by atoms with Crippen LogP contribution in [-0.2, 0) is 0 Å². The summed E-state index contributed by atoms with van der Waals surface area (Å²) in [6.07, 6.45) is -0.921. The quantitative estimate of drug-likeness (QED) is 0.856. The minimum Gasteiger partial charge on any atom is -0.493 e. The van der Waals surface area contributed by atoms with E-state index in [9.17, 15) is 9.50 Å². The number of benzene rings is 2. The lowest BCUT2D eigenvalue weighted by Gasteiger charge is -2.15. The molecule has 2 nitrogen and oxygen atoms in total. The second-order valence-corrected chi connectivity index (χ2v) is 5.45. The Kier molecular flexibility index (Phi) is 5.02. The molecule has 1 atom stereocenters. The molecular weight excluding hydrogens is 347 g/mol. The third-order valence-electron chi connectivity index (χ3n) is 2.83. The Hall–Kier alpha value is -1.10. The van der Waals surface area contributed by atoms with Gasteiger partial charge in [-0.1, -0.05) is 23.7 Å². The van der Waals surface area contributed by atoms with E-state index >= 15 is 0 Å². The van der Waals surface area contributed by atoms with Crippen molar-refractivity contribution in [2.75, 3.05) is 6.61 Å². The molecule has 0 aromatic heterocycles. The van der Waals surface area contributed by atoms with Gasteiger partial charge in [0.1, 0.15) is 17.7 Å². The zero-order valence-electron chi connectivity index (χ0n) is 10.7. The van der Waals surface area contributed by atoms with Gasteiger partial charge < -0.3 is 9.84 Å². The molecule has 0 aliphatic carbocycles. The molecule has 2 rings (SSSR count). The fourth-order valence-electron chi connectivity index (χ4n) is 1.86. The zero-order valence-corrected chi connectivity index (χ0v) is 13.1. The van der Waals surface area contributed by atoms with Crippen molar-refractivity contribution >= 4 is 27.5 Å². The van der Waals surface area contributed by atoms with Crippen molar-refractivity contribution in [2.24, 2.45) is 0 Å². The van der Waals surface area contributed by atoms with E-state index in [1.165, 1.54) is 18.2 Å². The van der Waals surface area contributed by atoms with Crippen LogP contribution in [0.2, 0.25) is 5.02 Å². The van der Waals surface area contributed by atoms with Crippen LogP contribution >= 0.6 is 27.5 Å². The van der Waals surface area contributed by atoms with Crippen LogP contribution in [0.5, 0.6) is 5.75 Å². The summed E-state index contributed by atoms with van der Waals surface area (Å²) < 4.78 is 19.2. The molecule has 1 N–H and O–H groups in total. The Bertz CT molecular complexity index is 619. The third-order valence-corrected chi connectivity index (χ3v) is 3.78. The Morgan fingerprint density at radius 1 is 1.30 bits per heavy atom. The van der Waals surface area contributed by atoms with Crippen molar-refractivity contribution in [2.45, 2.75) is 13.0 Å². The van der Waals surface area contributed by atoms with Gasteiger partial charge in [0, 0.05) is 10.6 Å². The molecule has 106 valence electrons. The van der Waals surface area contributed by atoms with Gasteiger partial charge in [-0.3, -0.25) is 0 Å². The summed E-state index contributed by atoms with van der Waals surface area (Å²) in [4.78, 5) is 0. The molecule has 0 saturated heterocycles. The second-order valence-electron chi connectivity index (χ2n) is 4.19. The van der Waals surface area contributed by atoms with E-state index < -0.39 is 11.9 Å². The number of hydrogen-bond acceptors (Lipinski definition) is 2. The Balaban J connectivity index is 2.33. The van der Waals surface area contributed by atoms with Crippen molar-refractivity contribution in [3.63, 3.8) is 0 Å². The molecule has 0 spiro atoms. The molecule has 2 aromatic carbocycles. The lowest BCUT2D eigenvalue weighted by Crippen LogP contribution is -2.02. The van der Waals surface area contributed by atoms with Crippen LogP contribution in [0, 0.1) is 5.82 Å². The van der Waals surface area contributed by atoms with E-state index in [1.807, 2.05) is 6.92 Å². The van der Waals surface area contributed by atoms with E-state index in [0.29, 0.717) is 23.5 Å². The number of aliphatic hydroxyl groups excluding tert-OH is 1. The van der Waals surface area contributed by atoms with E-state index in [-0.39, 0.29) is 5.02 Å². The lowest BCUT2D eigenvalue weighted by molar-refractivity contribution is 0.220. The molecule has 0 aliphatic heterocycles. The summed E-state index contributed by atoms with van der Waals surface area (Å²) in [5.41, 5.74) is 1.11. The van der Waals surface area contributed by atoms with Crippen LogP contribution in [0.15, 0.2) is 40.9 Å². The maximum absolute atomic E-state index is 13.0. The molecule has 0 amide bonds. The van der Waals surface area contributed by atoms with Crippen LogP contribution < -0.4 is 4.74 Å². The summed E-state index contributed by atoms with van der Waals surface area (Å²) >= 11 is 9.35. The average Bonchev–Trinajstić information content (AvgIpc) is 2.40. The molecule has 20 heavy (non-hydrogen) atoms. The fourth-order valence-corrected chi connectivity index (χ4v) is 2.64. The SMILES string of the molecule is CCOc1ccc(C(O)c2ccc(F)cc2Cl)cc1Br. The minimum atomic E-state index is -0.921. The smallest absolute Gasteiger partial charge is 0.133 e. The van der Waals surface area contributed by atoms with E-state index in [4.69, 9.17) is 16.3 Å². The van der Waals surface area contributed by atoms with Gasteiger partial charge in [0.2, 0.25) is 0 Å². The summed E-state index contributed by atoms with van der Waals surface area (Å²) in [5.74, 6) is 0.271. The highest BCUT2D eigenvalue weighted by Crippen LogP contribution is 2.33. The van der Waals surface area contributed by atoms with Gasteiger partial charge in [0.25, 0.3) is 0 Å². The monoisotopic (exact) mass is 358 g/mol. The van der Waals surface area contributed by atoms with Crippen molar-refractivity contribution in [3.05, 3.63) is 62.8 Å². The molecule has 0 heterocycles. The number of rotatable bonds is 4. The first-order valence-electron chi connectivity index (χ1n) is 6.08. The second kappa shape index (κ2) is 6.57. The molecule has 0 bridgehead atoms. The topological polar surface area (TPSA) is 29.5 Å². The molecule has 1 unspecified atom stereocenters. The fraction of sp³-hybridized carbons (Fsp3) is 0.200. The average molecular weight is 360 g/mol. The molecular formula is C15H13BrClFO2.